The Morgan fingerprint density at radius 1 is 1.18 bits per heavy atom. The fourth-order valence-electron chi connectivity index (χ4n) is 2.61. The second-order valence-electron chi connectivity index (χ2n) is 4.15. The maximum Gasteiger partial charge on any atom is 0.0339 e. The molecule has 2 heteroatoms. The van der Waals surface area contributed by atoms with Crippen molar-refractivity contribution in [1.82, 2.24) is 4.90 Å². The molecule has 0 amide bonds. The fraction of sp³-hybridized carbons (Fsp3) is 1.00. The first-order chi connectivity index (χ1) is 5.25. The van der Waals surface area contributed by atoms with Crippen molar-refractivity contribution < 1.29 is 0 Å². The van der Waals surface area contributed by atoms with E-state index in [-0.39, 0.29) is 0 Å². The summed E-state index contributed by atoms with van der Waals surface area (Å²) in [6.07, 6.45) is 3.87. The van der Waals surface area contributed by atoms with Crippen molar-refractivity contribution in [2.45, 2.75) is 24.6 Å². The van der Waals surface area contributed by atoms with Crippen molar-refractivity contribution in [1.29, 1.82) is 0 Å². The number of hydrogen-bond acceptors (Lipinski definition) is 1. The van der Waals surface area contributed by atoms with Crippen molar-refractivity contribution in [2.75, 3.05) is 20.1 Å². The first-order valence-electron chi connectivity index (χ1n) is 4.58. The van der Waals surface area contributed by atoms with Gasteiger partial charge in [0.25, 0.3) is 0 Å². The third-order valence-corrected chi connectivity index (χ3v) is 3.56. The van der Waals surface area contributed by atoms with Gasteiger partial charge in [-0.3, -0.25) is 0 Å². The molecule has 2 aliphatic rings. The zero-order valence-corrected chi connectivity index (χ0v) is 7.85. The van der Waals surface area contributed by atoms with Crippen LogP contribution in [0.3, 0.4) is 0 Å². The van der Waals surface area contributed by atoms with Gasteiger partial charge in [0.1, 0.15) is 0 Å². The molecule has 3 atom stereocenters. The molecule has 0 aromatic carbocycles. The first kappa shape index (κ1) is 7.88. The molecular weight excluding hydrogens is 158 g/mol. The third-order valence-electron chi connectivity index (χ3n) is 3.17. The van der Waals surface area contributed by atoms with E-state index in [1.165, 1.54) is 32.4 Å². The molecule has 0 aromatic heterocycles. The van der Waals surface area contributed by atoms with Crippen molar-refractivity contribution >= 4 is 11.6 Å². The Labute approximate surface area is 73.7 Å². The van der Waals surface area contributed by atoms with Gasteiger partial charge in [-0.1, -0.05) is 0 Å². The molecule has 0 bridgehead atoms. The maximum absolute atomic E-state index is 6.11. The smallest absolute Gasteiger partial charge is 0.0339 e. The van der Waals surface area contributed by atoms with Crippen LogP contribution in [0.1, 0.15) is 19.3 Å². The second kappa shape index (κ2) is 2.95. The molecule has 0 N–H and O–H groups in total. The van der Waals surface area contributed by atoms with Gasteiger partial charge in [0.05, 0.1) is 0 Å². The average molecular weight is 174 g/mol. The van der Waals surface area contributed by atoms with E-state index in [0.717, 1.165) is 11.8 Å². The maximum atomic E-state index is 6.11. The van der Waals surface area contributed by atoms with Gasteiger partial charge in [-0.15, -0.1) is 11.6 Å². The Hall–Kier alpha value is 0.250. The van der Waals surface area contributed by atoms with Crippen LogP contribution >= 0.6 is 11.6 Å². The molecule has 11 heavy (non-hydrogen) atoms. The van der Waals surface area contributed by atoms with Crippen LogP contribution in [-0.4, -0.2) is 30.4 Å². The number of alkyl halides is 1. The number of hydrogen-bond donors (Lipinski definition) is 0. The van der Waals surface area contributed by atoms with Crippen molar-refractivity contribution in [3.05, 3.63) is 0 Å². The van der Waals surface area contributed by atoms with Gasteiger partial charge >= 0.3 is 0 Å². The molecule has 64 valence electrons. The normalized spacial score (nSPS) is 45.8. The topological polar surface area (TPSA) is 3.24 Å². The SMILES string of the molecule is CN1CC2CCC(Cl)CC2C1. The molecule has 1 saturated carbocycles. The molecule has 1 aliphatic carbocycles. The van der Waals surface area contributed by atoms with E-state index in [0.29, 0.717) is 5.38 Å². The predicted octanol–water partition coefficient (Wildman–Crippen LogP) is 1.96. The van der Waals surface area contributed by atoms with Crippen molar-refractivity contribution in [3.63, 3.8) is 0 Å². The molecule has 1 saturated heterocycles. The molecular formula is C9H16ClN. The number of rotatable bonds is 0. The molecule has 1 heterocycles. The highest BCUT2D eigenvalue weighted by Crippen LogP contribution is 2.37. The quantitative estimate of drug-likeness (QED) is 0.507. The lowest BCUT2D eigenvalue weighted by Gasteiger charge is -2.27. The second-order valence-corrected chi connectivity index (χ2v) is 4.77. The van der Waals surface area contributed by atoms with Crippen LogP contribution in [0.5, 0.6) is 0 Å². The summed E-state index contributed by atoms with van der Waals surface area (Å²) in [6, 6.07) is 0. The molecule has 0 radical (unpaired) electrons. The predicted molar refractivity (Wildman–Crippen MR) is 48.0 cm³/mol. The summed E-state index contributed by atoms with van der Waals surface area (Å²) >= 11 is 6.11. The van der Waals surface area contributed by atoms with Crippen LogP contribution in [0.15, 0.2) is 0 Å². The molecule has 3 unspecified atom stereocenters. The zero-order valence-electron chi connectivity index (χ0n) is 7.09. The minimum absolute atomic E-state index is 0.475. The summed E-state index contributed by atoms with van der Waals surface area (Å²) in [5.74, 6) is 1.88. The van der Waals surface area contributed by atoms with Gasteiger partial charge in [0.15, 0.2) is 0 Å². The van der Waals surface area contributed by atoms with E-state index in [2.05, 4.69) is 11.9 Å². The fourth-order valence-corrected chi connectivity index (χ4v) is 2.96. The first-order valence-corrected chi connectivity index (χ1v) is 5.02. The van der Waals surface area contributed by atoms with Gasteiger partial charge < -0.3 is 4.90 Å². The van der Waals surface area contributed by atoms with E-state index in [4.69, 9.17) is 11.6 Å². The van der Waals surface area contributed by atoms with Gasteiger partial charge in [0.2, 0.25) is 0 Å². The number of nitrogens with zero attached hydrogens (tertiary/aromatic N) is 1. The molecule has 2 rings (SSSR count). The Morgan fingerprint density at radius 3 is 2.73 bits per heavy atom. The van der Waals surface area contributed by atoms with E-state index >= 15 is 0 Å². The minimum Gasteiger partial charge on any atom is -0.306 e. The van der Waals surface area contributed by atoms with Crippen LogP contribution < -0.4 is 0 Å². The average Bonchev–Trinajstić information content (AvgIpc) is 2.27. The molecule has 0 aromatic rings. The summed E-state index contributed by atoms with van der Waals surface area (Å²) in [6.45, 7) is 2.60. The van der Waals surface area contributed by atoms with E-state index in [1.54, 1.807) is 0 Å². The summed E-state index contributed by atoms with van der Waals surface area (Å²) in [5, 5.41) is 0.475. The largest absolute Gasteiger partial charge is 0.306 e. The lowest BCUT2D eigenvalue weighted by Crippen LogP contribution is -2.23. The standard InChI is InChI=1S/C9H16ClN/c1-11-5-7-2-3-9(10)4-8(7)6-11/h7-9H,2-6H2,1H3. The number of halogens is 1. The molecule has 1 nitrogen and oxygen atoms in total. The van der Waals surface area contributed by atoms with Gasteiger partial charge in [0, 0.05) is 18.5 Å². The lowest BCUT2D eigenvalue weighted by molar-refractivity contribution is 0.304. The van der Waals surface area contributed by atoms with Gasteiger partial charge in [-0.2, -0.15) is 0 Å². The van der Waals surface area contributed by atoms with Crippen LogP contribution in [0.2, 0.25) is 0 Å². The van der Waals surface area contributed by atoms with Crippen LogP contribution in [0.4, 0.5) is 0 Å². The molecule has 1 aliphatic heterocycles. The Morgan fingerprint density at radius 2 is 1.91 bits per heavy atom. The van der Waals surface area contributed by atoms with Crippen LogP contribution in [-0.2, 0) is 0 Å². The summed E-state index contributed by atoms with van der Waals surface area (Å²) in [5.41, 5.74) is 0. The summed E-state index contributed by atoms with van der Waals surface area (Å²) in [4.78, 5) is 2.45. The Bertz CT molecular complexity index is 148. The van der Waals surface area contributed by atoms with E-state index < -0.39 is 0 Å². The highest BCUT2D eigenvalue weighted by molar-refractivity contribution is 6.20. The summed E-state index contributed by atoms with van der Waals surface area (Å²) in [7, 11) is 2.22. The Balaban J connectivity index is 1.97. The minimum atomic E-state index is 0.475. The highest BCUT2D eigenvalue weighted by atomic mass is 35.5. The monoisotopic (exact) mass is 173 g/mol. The van der Waals surface area contributed by atoms with E-state index in [9.17, 15) is 0 Å². The lowest BCUT2D eigenvalue weighted by atomic mass is 9.82. The van der Waals surface area contributed by atoms with Gasteiger partial charge in [-0.25, -0.2) is 0 Å². The summed E-state index contributed by atoms with van der Waals surface area (Å²) < 4.78 is 0. The molecule has 0 spiro atoms. The van der Waals surface area contributed by atoms with Crippen LogP contribution in [0.25, 0.3) is 0 Å². The van der Waals surface area contributed by atoms with Crippen molar-refractivity contribution in [3.8, 4) is 0 Å². The van der Waals surface area contributed by atoms with Crippen LogP contribution in [0, 0.1) is 11.8 Å². The molecule has 2 fully saturated rings. The highest BCUT2D eigenvalue weighted by Gasteiger charge is 2.35. The van der Waals surface area contributed by atoms with E-state index in [1.807, 2.05) is 0 Å². The zero-order chi connectivity index (χ0) is 7.84. The van der Waals surface area contributed by atoms with Gasteiger partial charge in [-0.05, 0) is 38.1 Å². The van der Waals surface area contributed by atoms with Crippen molar-refractivity contribution in [2.24, 2.45) is 11.8 Å². The Kier molecular flexibility index (Phi) is 2.11. The number of fused-ring (bicyclic) bond motifs is 1. The number of likely N-dealkylation sites (tertiary alicyclic amines) is 1. The third kappa shape index (κ3) is 1.54.